The minimum absolute atomic E-state index is 0.00476. The zero-order valence-electron chi connectivity index (χ0n) is 19.4. The molecule has 10 heteroatoms. The second kappa shape index (κ2) is 10.9. The molecule has 186 valence electrons. The van der Waals surface area contributed by atoms with E-state index in [1.165, 1.54) is 26.4 Å². The Hall–Kier alpha value is -3.80. The molecule has 0 bridgehead atoms. The van der Waals surface area contributed by atoms with Gasteiger partial charge >= 0.3 is 5.69 Å². The summed E-state index contributed by atoms with van der Waals surface area (Å²) >= 11 is 1.97. The second-order valence-electron chi connectivity index (χ2n) is 7.87. The summed E-state index contributed by atoms with van der Waals surface area (Å²) in [6, 6.07) is 16.9. The number of imidazole rings is 1. The van der Waals surface area contributed by atoms with Gasteiger partial charge in [-0.2, -0.15) is 0 Å². The van der Waals surface area contributed by atoms with Crippen molar-refractivity contribution in [1.29, 1.82) is 0 Å². The monoisotopic (exact) mass is 603 g/mol. The molecule has 36 heavy (non-hydrogen) atoms. The van der Waals surface area contributed by atoms with Crippen molar-refractivity contribution in [3.63, 3.8) is 0 Å². The normalized spacial score (nSPS) is 11.7. The number of methoxy groups -OCH3 is 2. The summed E-state index contributed by atoms with van der Waals surface area (Å²) in [5, 5.41) is 13.6. The number of hydrogen-bond acceptors (Lipinski definition) is 5. The van der Waals surface area contributed by atoms with Crippen LogP contribution in [0.3, 0.4) is 0 Å². The number of para-hydroxylation sites is 1. The van der Waals surface area contributed by atoms with Crippen LogP contribution < -0.4 is 20.5 Å². The van der Waals surface area contributed by atoms with Gasteiger partial charge in [0.25, 0.3) is 0 Å². The van der Waals surface area contributed by atoms with Crippen molar-refractivity contribution in [3.05, 3.63) is 92.2 Å². The van der Waals surface area contributed by atoms with Gasteiger partial charge in [0, 0.05) is 15.6 Å². The standard InChI is InChI=1S/C26H23FIN3O5/c1-35-18-10-7-15(8-11-18)23-25(33)31(26(34)30-23)21(13-16-5-3-4-6-22(16)36-2)24(32)29-20-12-9-17(28)14-19(20)27/h3-12,14,21,33H,13H2,1-2H3,(H,29,32)(H,30,34)/t21-/m0/s1. The van der Waals surface area contributed by atoms with E-state index < -0.39 is 29.3 Å². The van der Waals surface area contributed by atoms with Gasteiger partial charge in [-0.3, -0.25) is 4.79 Å². The first kappa shape index (κ1) is 25.3. The van der Waals surface area contributed by atoms with Crippen LogP contribution in [0.2, 0.25) is 0 Å². The van der Waals surface area contributed by atoms with Gasteiger partial charge < -0.3 is 24.9 Å². The molecule has 1 atom stereocenters. The summed E-state index contributed by atoms with van der Waals surface area (Å²) in [4.78, 5) is 29.1. The molecule has 0 radical (unpaired) electrons. The van der Waals surface area contributed by atoms with Gasteiger partial charge in [0.15, 0.2) is 0 Å². The number of carbonyl (C=O) groups is 1. The number of nitrogens with zero attached hydrogens (tertiary/aromatic N) is 1. The molecule has 0 saturated carbocycles. The number of amides is 1. The SMILES string of the molecule is COc1ccc(-c2[nH]c(=O)n([C@@H](Cc3ccccc3OC)C(=O)Nc3ccc(I)cc3F)c2O)cc1. The molecule has 0 saturated heterocycles. The van der Waals surface area contributed by atoms with Crippen LogP contribution in [-0.4, -0.2) is 34.8 Å². The predicted molar refractivity (Wildman–Crippen MR) is 142 cm³/mol. The molecule has 0 fully saturated rings. The van der Waals surface area contributed by atoms with Crippen LogP contribution in [-0.2, 0) is 11.2 Å². The van der Waals surface area contributed by atoms with Crippen molar-refractivity contribution in [1.82, 2.24) is 9.55 Å². The number of hydrogen-bond donors (Lipinski definition) is 3. The molecule has 0 spiro atoms. The second-order valence-corrected chi connectivity index (χ2v) is 9.12. The molecule has 0 aliphatic heterocycles. The van der Waals surface area contributed by atoms with Crippen molar-refractivity contribution in [2.75, 3.05) is 19.5 Å². The molecule has 0 aliphatic rings. The minimum atomic E-state index is -1.23. The molecule has 8 nitrogen and oxygen atoms in total. The van der Waals surface area contributed by atoms with E-state index in [0.29, 0.717) is 26.2 Å². The molecule has 1 heterocycles. The summed E-state index contributed by atoms with van der Waals surface area (Å²) in [6.07, 6.45) is -0.00476. The number of carbonyl (C=O) groups excluding carboxylic acids is 1. The third kappa shape index (κ3) is 5.23. The zero-order chi connectivity index (χ0) is 25.8. The van der Waals surface area contributed by atoms with Crippen molar-refractivity contribution >= 4 is 34.2 Å². The van der Waals surface area contributed by atoms with Crippen LogP contribution in [0.4, 0.5) is 10.1 Å². The lowest BCUT2D eigenvalue weighted by Crippen LogP contribution is -2.33. The maximum absolute atomic E-state index is 14.5. The van der Waals surface area contributed by atoms with Gasteiger partial charge in [-0.1, -0.05) is 18.2 Å². The number of nitrogens with one attached hydrogen (secondary N) is 2. The number of aromatic amines is 1. The Kier molecular flexibility index (Phi) is 7.63. The molecule has 0 unspecified atom stereocenters. The van der Waals surface area contributed by atoms with Crippen LogP contribution in [0.25, 0.3) is 11.3 Å². The first-order valence-electron chi connectivity index (χ1n) is 10.9. The van der Waals surface area contributed by atoms with Gasteiger partial charge in [0.05, 0.1) is 19.9 Å². The molecule has 1 aromatic heterocycles. The highest BCUT2D eigenvalue weighted by atomic mass is 127. The van der Waals surface area contributed by atoms with E-state index in [0.717, 1.165) is 4.57 Å². The molecule has 4 aromatic rings. The van der Waals surface area contributed by atoms with E-state index in [2.05, 4.69) is 10.3 Å². The van der Waals surface area contributed by atoms with Crippen molar-refractivity contribution in [2.24, 2.45) is 0 Å². The molecule has 4 rings (SSSR count). The highest BCUT2D eigenvalue weighted by Crippen LogP contribution is 2.32. The summed E-state index contributed by atoms with van der Waals surface area (Å²) in [5.74, 6) is -0.611. The topological polar surface area (TPSA) is 106 Å². The van der Waals surface area contributed by atoms with Gasteiger partial charge in [-0.15, -0.1) is 0 Å². The van der Waals surface area contributed by atoms with E-state index in [1.54, 1.807) is 54.6 Å². The average Bonchev–Trinajstić information content (AvgIpc) is 3.17. The fourth-order valence-electron chi connectivity index (χ4n) is 3.88. The molecule has 1 amide bonds. The maximum Gasteiger partial charge on any atom is 0.329 e. The highest BCUT2D eigenvalue weighted by molar-refractivity contribution is 14.1. The summed E-state index contributed by atoms with van der Waals surface area (Å²) < 4.78 is 26.7. The van der Waals surface area contributed by atoms with Gasteiger partial charge in [0.1, 0.15) is 29.1 Å². The number of halogens is 2. The quantitative estimate of drug-likeness (QED) is 0.253. The van der Waals surface area contributed by atoms with E-state index in [4.69, 9.17) is 9.47 Å². The summed E-state index contributed by atoms with van der Waals surface area (Å²) in [6.45, 7) is 0. The Morgan fingerprint density at radius 3 is 2.50 bits per heavy atom. The predicted octanol–water partition coefficient (Wildman–Crippen LogP) is 4.73. The fourth-order valence-corrected chi connectivity index (χ4v) is 4.33. The first-order chi connectivity index (χ1) is 17.3. The number of anilines is 1. The van der Waals surface area contributed by atoms with Crippen LogP contribution >= 0.6 is 22.6 Å². The smallest absolute Gasteiger partial charge is 0.329 e. The van der Waals surface area contributed by atoms with Crippen molar-refractivity contribution in [2.45, 2.75) is 12.5 Å². The molecular weight excluding hydrogens is 580 g/mol. The third-order valence-electron chi connectivity index (χ3n) is 5.69. The minimum Gasteiger partial charge on any atom is -0.497 e. The first-order valence-corrected chi connectivity index (χ1v) is 12.0. The van der Waals surface area contributed by atoms with Gasteiger partial charge in [-0.05, 0) is 76.7 Å². The number of ether oxygens (including phenoxy) is 2. The molecular formula is C26H23FIN3O5. The number of aromatic nitrogens is 2. The summed E-state index contributed by atoms with van der Waals surface area (Å²) in [5.41, 5.74) is 0.548. The van der Waals surface area contributed by atoms with E-state index >= 15 is 0 Å². The van der Waals surface area contributed by atoms with Crippen molar-refractivity contribution in [3.8, 4) is 28.6 Å². The van der Waals surface area contributed by atoms with Crippen molar-refractivity contribution < 1.29 is 23.8 Å². The molecule has 0 aliphatic carbocycles. The summed E-state index contributed by atoms with van der Waals surface area (Å²) in [7, 11) is 3.03. The number of H-pyrrole nitrogens is 1. The lowest BCUT2D eigenvalue weighted by molar-refractivity contribution is -0.119. The lowest BCUT2D eigenvalue weighted by atomic mass is 10.0. The van der Waals surface area contributed by atoms with Crippen LogP contribution in [0, 0.1) is 9.39 Å². The Bertz CT molecular complexity index is 1450. The fraction of sp³-hybridized carbons (Fsp3) is 0.154. The van der Waals surface area contributed by atoms with Crippen LogP contribution in [0.5, 0.6) is 17.4 Å². The Morgan fingerprint density at radius 1 is 1.11 bits per heavy atom. The van der Waals surface area contributed by atoms with Crippen LogP contribution in [0.1, 0.15) is 11.6 Å². The van der Waals surface area contributed by atoms with Crippen LogP contribution in [0.15, 0.2) is 71.5 Å². The Morgan fingerprint density at radius 2 is 1.83 bits per heavy atom. The zero-order valence-corrected chi connectivity index (χ0v) is 21.6. The van der Waals surface area contributed by atoms with E-state index in [9.17, 15) is 19.1 Å². The Labute approximate surface area is 219 Å². The lowest BCUT2D eigenvalue weighted by Gasteiger charge is -2.20. The number of rotatable bonds is 8. The number of benzene rings is 3. The molecule has 3 aromatic carbocycles. The van der Waals surface area contributed by atoms with E-state index in [1.807, 2.05) is 22.6 Å². The highest BCUT2D eigenvalue weighted by Gasteiger charge is 2.29. The number of aromatic hydroxyl groups is 1. The van der Waals surface area contributed by atoms with E-state index in [-0.39, 0.29) is 17.8 Å². The van der Waals surface area contributed by atoms with Gasteiger partial charge in [0.2, 0.25) is 11.8 Å². The molecule has 3 N–H and O–H groups in total. The average molecular weight is 603 g/mol. The third-order valence-corrected chi connectivity index (χ3v) is 6.36. The van der Waals surface area contributed by atoms with Gasteiger partial charge in [-0.25, -0.2) is 13.8 Å². The largest absolute Gasteiger partial charge is 0.497 e. The Balaban J connectivity index is 1.78. The maximum atomic E-state index is 14.5.